The average molecular weight is 339 g/mol. The minimum atomic E-state index is -3.47. The van der Waals surface area contributed by atoms with E-state index >= 15 is 0 Å². The summed E-state index contributed by atoms with van der Waals surface area (Å²) >= 11 is 0. The quantitative estimate of drug-likeness (QED) is 0.838. The fourth-order valence-electron chi connectivity index (χ4n) is 2.77. The number of carboxylic acids is 1. The first-order valence-corrected chi connectivity index (χ1v) is 9.38. The Bertz CT molecular complexity index is 656. The number of aliphatic carboxylic acids is 1. The number of hydrogen-bond donors (Lipinski definition) is 1. The first kappa shape index (κ1) is 17.5. The van der Waals surface area contributed by atoms with Crippen molar-refractivity contribution in [1.82, 2.24) is 4.90 Å². The standard InChI is InChI=1S/C16H21NO5S/c18-15(19)12-17(10-9-13-6-2-1-3-7-13)16(20)14-8-4-5-11-23(14,21)22/h1-3,6-7,14H,4-5,8-12H2,(H,18,19). The van der Waals surface area contributed by atoms with Crippen molar-refractivity contribution in [2.45, 2.75) is 30.9 Å². The van der Waals surface area contributed by atoms with Gasteiger partial charge in [0.1, 0.15) is 11.8 Å². The van der Waals surface area contributed by atoms with Crippen LogP contribution in [0.4, 0.5) is 0 Å². The van der Waals surface area contributed by atoms with Crippen LogP contribution in [-0.4, -0.2) is 54.4 Å². The molecule has 1 N–H and O–H groups in total. The number of carboxylic acid groups (broad SMARTS) is 1. The highest BCUT2D eigenvalue weighted by Crippen LogP contribution is 2.21. The second-order valence-electron chi connectivity index (χ2n) is 5.74. The predicted molar refractivity (Wildman–Crippen MR) is 85.8 cm³/mol. The van der Waals surface area contributed by atoms with Gasteiger partial charge in [-0.05, 0) is 24.8 Å². The fraction of sp³-hybridized carbons (Fsp3) is 0.500. The molecule has 126 valence electrons. The topological polar surface area (TPSA) is 91.8 Å². The van der Waals surface area contributed by atoms with Gasteiger partial charge in [0.05, 0.1) is 5.75 Å². The first-order valence-electron chi connectivity index (χ1n) is 7.66. The Hall–Kier alpha value is -1.89. The Morgan fingerprint density at radius 3 is 2.48 bits per heavy atom. The van der Waals surface area contributed by atoms with E-state index in [9.17, 15) is 18.0 Å². The maximum atomic E-state index is 12.6. The zero-order valence-corrected chi connectivity index (χ0v) is 13.7. The third kappa shape index (κ3) is 4.79. The Balaban J connectivity index is 2.10. The highest BCUT2D eigenvalue weighted by Gasteiger charge is 2.37. The number of amides is 1. The molecule has 1 aliphatic heterocycles. The summed E-state index contributed by atoms with van der Waals surface area (Å²) in [5, 5.41) is 7.92. The van der Waals surface area contributed by atoms with Crippen molar-refractivity contribution in [3.63, 3.8) is 0 Å². The van der Waals surface area contributed by atoms with Gasteiger partial charge in [-0.15, -0.1) is 0 Å². The van der Waals surface area contributed by atoms with E-state index in [1.165, 1.54) is 0 Å². The van der Waals surface area contributed by atoms with Crippen molar-refractivity contribution in [1.29, 1.82) is 0 Å². The van der Waals surface area contributed by atoms with Crippen LogP contribution in [0.2, 0.25) is 0 Å². The second kappa shape index (κ2) is 7.59. The van der Waals surface area contributed by atoms with Gasteiger partial charge in [0, 0.05) is 6.54 Å². The van der Waals surface area contributed by atoms with Crippen molar-refractivity contribution in [2.24, 2.45) is 0 Å². The molecule has 1 fully saturated rings. The minimum Gasteiger partial charge on any atom is -0.480 e. The zero-order chi connectivity index (χ0) is 16.9. The van der Waals surface area contributed by atoms with E-state index in [2.05, 4.69) is 0 Å². The van der Waals surface area contributed by atoms with Gasteiger partial charge in [0.15, 0.2) is 9.84 Å². The summed E-state index contributed by atoms with van der Waals surface area (Å²) in [4.78, 5) is 24.7. The Labute approximate surface area is 136 Å². The van der Waals surface area contributed by atoms with Gasteiger partial charge in [0.25, 0.3) is 0 Å². The van der Waals surface area contributed by atoms with E-state index in [1.807, 2.05) is 30.3 Å². The lowest BCUT2D eigenvalue weighted by molar-refractivity contribution is -0.144. The first-order chi connectivity index (χ1) is 10.9. The molecule has 1 aromatic rings. The number of nitrogens with zero attached hydrogens (tertiary/aromatic N) is 1. The lowest BCUT2D eigenvalue weighted by Gasteiger charge is -2.28. The predicted octanol–water partition coefficient (Wildman–Crippen LogP) is 1.11. The second-order valence-corrected chi connectivity index (χ2v) is 8.04. The molecule has 1 heterocycles. The molecule has 0 bridgehead atoms. The number of benzene rings is 1. The Kier molecular flexibility index (Phi) is 5.76. The van der Waals surface area contributed by atoms with Crippen LogP contribution in [0.1, 0.15) is 24.8 Å². The summed E-state index contributed by atoms with van der Waals surface area (Å²) in [6, 6.07) is 9.38. The third-order valence-corrected chi connectivity index (χ3v) is 6.17. The number of carbonyl (C=O) groups is 2. The molecule has 7 heteroatoms. The molecule has 1 amide bonds. The van der Waals surface area contributed by atoms with Crippen LogP contribution < -0.4 is 0 Å². The number of rotatable bonds is 6. The average Bonchev–Trinajstić information content (AvgIpc) is 2.51. The van der Waals surface area contributed by atoms with Crippen LogP contribution >= 0.6 is 0 Å². The third-order valence-electron chi connectivity index (χ3n) is 4.01. The zero-order valence-electron chi connectivity index (χ0n) is 12.8. The Morgan fingerprint density at radius 1 is 1.17 bits per heavy atom. The highest BCUT2D eigenvalue weighted by atomic mass is 32.2. The molecular weight excluding hydrogens is 318 g/mol. The van der Waals surface area contributed by atoms with Crippen LogP contribution in [0.5, 0.6) is 0 Å². The molecule has 1 saturated heterocycles. The number of hydrogen-bond acceptors (Lipinski definition) is 4. The van der Waals surface area contributed by atoms with Gasteiger partial charge in [-0.25, -0.2) is 8.42 Å². The molecule has 6 nitrogen and oxygen atoms in total. The largest absolute Gasteiger partial charge is 0.480 e. The summed E-state index contributed by atoms with van der Waals surface area (Å²) in [6.45, 7) is -0.279. The summed E-state index contributed by atoms with van der Waals surface area (Å²) in [5.74, 6) is -1.72. The van der Waals surface area contributed by atoms with Gasteiger partial charge < -0.3 is 10.0 Å². The fourth-order valence-corrected chi connectivity index (χ4v) is 4.65. The molecular formula is C16H21NO5S. The molecule has 0 radical (unpaired) electrons. The van der Waals surface area contributed by atoms with E-state index in [-0.39, 0.29) is 18.7 Å². The van der Waals surface area contributed by atoms with Gasteiger partial charge >= 0.3 is 5.97 Å². The van der Waals surface area contributed by atoms with Gasteiger partial charge in [0.2, 0.25) is 5.91 Å². The summed E-state index contributed by atoms with van der Waals surface area (Å²) < 4.78 is 24.2. The highest BCUT2D eigenvalue weighted by molar-refractivity contribution is 7.92. The van der Waals surface area contributed by atoms with E-state index in [0.29, 0.717) is 19.3 Å². The lowest BCUT2D eigenvalue weighted by atomic mass is 10.1. The van der Waals surface area contributed by atoms with Crippen LogP contribution in [0.15, 0.2) is 30.3 Å². The van der Waals surface area contributed by atoms with Crippen molar-refractivity contribution in [3.8, 4) is 0 Å². The molecule has 0 aliphatic carbocycles. The SMILES string of the molecule is O=C(O)CN(CCc1ccccc1)C(=O)C1CCCCS1(=O)=O. The molecule has 1 aliphatic rings. The molecule has 1 unspecified atom stereocenters. The van der Waals surface area contributed by atoms with Gasteiger partial charge in [-0.2, -0.15) is 0 Å². The maximum Gasteiger partial charge on any atom is 0.323 e. The van der Waals surface area contributed by atoms with E-state index in [1.54, 1.807) is 0 Å². The van der Waals surface area contributed by atoms with Crippen LogP contribution in [0, 0.1) is 0 Å². The minimum absolute atomic E-state index is 0.00298. The molecule has 23 heavy (non-hydrogen) atoms. The van der Waals surface area contributed by atoms with Crippen molar-refractivity contribution in [2.75, 3.05) is 18.8 Å². The van der Waals surface area contributed by atoms with E-state index in [4.69, 9.17) is 5.11 Å². The lowest BCUT2D eigenvalue weighted by Crippen LogP contribution is -2.47. The van der Waals surface area contributed by atoms with Gasteiger partial charge in [-0.1, -0.05) is 36.8 Å². The van der Waals surface area contributed by atoms with E-state index < -0.39 is 33.5 Å². The van der Waals surface area contributed by atoms with Crippen LogP contribution in [0.3, 0.4) is 0 Å². The summed E-state index contributed by atoms with van der Waals surface area (Å²) in [7, 11) is -3.47. The molecule has 0 saturated carbocycles. The molecule has 0 spiro atoms. The monoisotopic (exact) mass is 339 g/mol. The normalized spacial score (nSPS) is 19.9. The molecule has 1 aromatic carbocycles. The number of sulfone groups is 1. The molecule has 0 aromatic heterocycles. The number of carbonyl (C=O) groups excluding carboxylic acids is 1. The van der Waals surface area contributed by atoms with Crippen molar-refractivity contribution in [3.05, 3.63) is 35.9 Å². The van der Waals surface area contributed by atoms with Crippen molar-refractivity contribution < 1.29 is 23.1 Å². The van der Waals surface area contributed by atoms with E-state index in [0.717, 1.165) is 10.5 Å². The smallest absolute Gasteiger partial charge is 0.323 e. The summed E-state index contributed by atoms with van der Waals surface area (Å²) in [5.41, 5.74) is 0.974. The summed E-state index contributed by atoms with van der Waals surface area (Å²) in [6.07, 6.45) is 2.01. The van der Waals surface area contributed by atoms with Crippen LogP contribution in [-0.2, 0) is 25.8 Å². The molecule has 2 rings (SSSR count). The molecule has 1 atom stereocenters. The van der Waals surface area contributed by atoms with Crippen molar-refractivity contribution >= 4 is 21.7 Å². The van der Waals surface area contributed by atoms with Gasteiger partial charge in [-0.3, -0.25) is 9.59 Å². The Morgan fingerprint density at radius 2 is 1.87 bits per heavy atom. The maximum absolute atomic E-state index is 12.6. The van der Waals surface area contributed by atoms with Crippen LogP contribution in [0.25, 0.3) is 0 Å².